The molecule has 0 aliphatic rings. The zero-order chi connectivity index (χ0) is 4.12. The minimum Gasteiger partial charge on any atom is -0.301 e. The van der Waals surface area contributed by atoms with Crippen LogP contribution in [-0.4, -0.2) is 13.3 Å². The molecule has 0 aliphatic carbocycles. The summed E-state index contributed by atoms with van der Waals surface area (Å²) in [5, 5.41) is 0. The fourth-order valence-corrected chi connectivity index (χ4v) is 0.183. The Morgan fingerprint density at radius 3 is 2.40 bits per heavy atom. The third-order valence-electron chi connectivity index (χ3n) is 0.365. The smallest absolute Gasteiger partial charge is 0.0273 e. The first-order valence-electron chi connectivity index (χ1n) is 1.82. The number of rotatable bonds is 1. The zero-order valence-corrected chi connectivity index (χ0v) is 3.73. The van der Waals surface area contributed by atoms with Crippen LogP contribution in [0.1, 0.15) is 13.3 Å². The van der Waals surface area contributed by atoms with Crippen LogP contribution in [0.5, 0.6) is 0 Å². The van der Waals surface area contributed by atoms with Gasteiger partial charge in [0.15, 0.2) is 0 Å². The van der Waals surface area contributed by atoms with E-state index in [-0.39, 0.29) is 0 Å². The molecule has 0 aliphatic heterocycles. The molecule has 0 heterocycles. The molecule has 1 nitrogen and oxygen atoms in total. The molecule has 0 aromatic rings. The fraction of sp³-hybridized carbons (Fsp3) is 0.750. The van der Waals surface area contributed by atoms with E-state index in [1.165, 1.54) is 0 Å². The summed E-state index contributed by atoms with van der Waals surface area (Å²) < 4.78 is 0. The molecular formula is C4H9N. The third kappa shape index (κ3) is 3.67. The van der Waals surface area contributed by atoms with Crippen LogP contribution in [0.4, 0.5) is 0 Å². The molecule has 0 radical (unpaired) electrons. The van der Waals surface area contributed by atoms with Gasteiger partial charge in [-0.15, -0.1) is 0 Å². The Labute approximate surface area is 32.7 Å². The number of hydrogen-bond acceptors (Lipinski definition) is 1. The highest BCUT2D eigenvalue weighted by Crippen LogP contribution is 1.60. The van der Waals surface area contributed by atoms with E-state index < -0.39 is 0 Å². The van der Waals surface area contributed by atoms with E-state index in [1.54, 1.807) is 7.05 Å². The Morgan fingerprint density at radius 1 is 1.80 bits per heavy atom. The van der Waals surface area contributed by atoms with Crippen molar-refractivity contribution in [3.8, 4) is 0 Å². The van der Waals surface area contributed by atoms with Crippen molar-refractivity contribution >= 4 is 6.21 Å². The van der Waals surface area contributed by atoms with Gasteiger partial charge in [-0.3, -0.25) is 0 Å². The van der Waals surface area contributed by atoms with Crippen molar-refractivity contribution in [2.75, 3.05) is 7.05 Å². The van der Waals surface area contributed by atoms with Gasteiger partial charge >= 0.3 is 0 Å². The van der Waals surface area contributed by atoms with Gasteiger partial charge in [-0.05, 0) is 12.6 Å². The maximum atomic E-state index is 3.73. The molecule has 0 saturated heterocycles. The van der Waals surface area contributed by atoms with Crippen LogP contribution in [0.15, 0.2) is 4.99 Å². The van der Waals surface area contributed by atoms with Gasteiger partial charge in [-0.2, -0.15) is 0 Å². The topological polar surface area (TPSA) is 12.4 Å². The molecule has 30 valence electrons. The predicted octanol–water partition coefficient (Wildman–Crippen LogP) is 1.10. The van der Waals surface area contributed by atoms with Crippen molar-refractivity contribution in [3.05, 3.63) is 0 Å². The van der Waals surface area contributed by atoms with E-state index in [4.69, 9.17) is 0 Å². The maximum Gasteiger partial charge on any atom is 0.0273 e. The molecule has 0 N–H and O–H groups in total. The highest BCUT2D eigenvalue weighted by atomic mass is 14.6. The highest BCUT2D eigenvalue weighted by molar-refractivity contribution is 5.56. The lowest BCUT2D eigenvalue weighted by Gasteiger charge is -1.65. The second-order valence-electron chi connectivity index (χ2n) is 0.849. The van der Waals surface area contributed by atoms with Crippen molar-refractivity contribution < 1.29 is 0 Å². The van der Waals surface area contributed by atoms with E-state index >= 15 is 0 Å². The van der Waals surface area contributed by atoms with Crippen LogP contribution in [0.2, 0.25) is 0 Å². The third-order valence-corrected chi connectivity index (χ3v) is 0.365. The molecule has 0 saturated carbocycles. The van der Waals surface area contributed by atoms with Crippen molar-refractivity contribution in [2.24, 2.45) is 4.99 Å². The second kappa shape index (κ2) is 3.67. The van der Waals surface area contributed by atoms with Gasteiger partial charge in [0.2, 0.25) is 0 Å². The van der Waals surface area contributed by atoms with Gasteiger partial charge in [0, 0.05) is 7.05 Å². The molecule has 0 fully saturated rings. The first-order chi connectivity index (χ1) is 2.41. The zero-order valence-electron chi connectivity index (χ0n) is 3.73. The van der Waals surface area contributed by atoms with Crippen LogP contribution in [-0.2, 0) is 0 Å². The van der Waals surface area contributed by atoms with E-state index in [2.05, 4.69) is 11.9 Å². The average molecular weight is 71.1 g/mol. The summed E-state index contributed by atoms with van der Waals surface area (Å²) in [6, 6.07) is 0. The summed E-state index contributed by atoms with van der Waals surface area (Å²) in [7, 11) is 1.78. The monoisotopic (exact) mass is 71.1 g/mol. The molecule has 0 amide bonds. The van der Waals surface area contributed by atoms with Gasteiger partial charge in [-0.25, -0.2) is 0 Å². The normalized spacial score (nSPS) is 10.0. The first kappa shape index (κ1) is 4.67. The SMILES string of the molecule is CCC=NC. The Bertz CT molecular complexity index is 30.6. The van der Waals surface area contributed by atoms with Crippen molar-refractivity contribution in [2.45, 2.75) is 13.3 Å². The van der Waals surface area contributed by atoms with Gasteiger partial charge < -0.3 is 4.99 Å². The van der Waals surface area contributed by atoms with Crippen molar-refractivity contribution in [1.29, 1.82) is 0 Å². The Balaban J connectivity index is 2.62. The first-order valence-corrected chi connectivity index (χ1v) is 1.82. The largest absolute Gasteiger partial charge is 0.301 e. The summed E-state index contributed by atoms with van der Waals surface area (Å²) in [4.78, 5) is 3.73. The lowest BCUT2D eigenvalue weighted by Crippen LogP contribution is -1.60. The van der Waals surface area contributed by atoms with E-state index in [1.807, 2.05) is 6.21 Å². The van der Waals surface area contributed by atoms with Crippen LogP contribution in [0.3, 0.4) is 0 Å². The molecule has 0 rings (SSSR count). The lowest BCUT2D eigenvalue weighted by molar-refractivity contribution is 1.29. The summed E-state index contributed by atoms with van der Waals surface area (Å²) in [5.74, 6) is 0. The molecule has 0 atom stereocenters. The van der Waals surface area contributed by atoms with Crippen LogP contribution in [0, 0.1) is 0 Å². The minimum absolute atomic E-state index is 1.05. The van der Waals surface area contributed by atoms with Crippen LogP contribution < -0.4 is 0 Å². The van der Waals surface area contributed by atoms with Gasteiger partial charge in [0.25, 0.3) is 0 Å². The summed E-state index contributed by atoms with van der Waals surface area (Å²) in [6.07, 6.45) is 2.93. The van der Waals surface area contributed by atoms with Gasteiger partial charge in [0.1, 0.15) is 0 Å². The molecule has 0 aromatic heterocycles. The predicted molar refractivity (Wildman–Crippen MR) is 24.7 cm³/mol. The maximum absolute atomic E-state index is 3.73. The Hall–Kier alpha value is -0.330. The standard InChI is InChI=1S/C4H9N/c1-3-4-5-2/h4H,3H2,1-2H3. The molecular weight excluding hydrogens is 62.1 g/mol. The molecule has 0 unspecified atom stereocenters. The lowest BCUT2D eigenvalue weighted by atomic mass is 10.5. The molecule has 1 heteroatoms. The molecule has 0 bridgehead atoms. The quantitative estimate of drug-likeness (QED) is 0.410. The summed E-state index contributed by atoms with van der Waals surface area (Å²) in [6.45, 7) is 2.06. The molecule has 5 heavy (non-hydrogen) atoms. The number of hydrogen-bond donors (Lipinski definition) is 0. The number of aliphatic imine (C=N–C) groups is 1. The summed E-state index contributed by atoms with van der Waals surface area (Å²) >= 11 is 0. The second-order valence-corrected chi connectivity index (χ2v) is 0.849. The van der Waals surface area contributed by atoms with Gasteiger partial charge in [-0.1, -0.05) is 6.92 Å². The van der Waals surface area contributed by atoms with Crippen molar-refractivity contribution in [3.63, 3.8) is 0 Å². The molecule has 0 spiro atoms. The van der Waals surface area contributed by atoms with Gasteiger partial charge in [0.05, 0.1) is 0 Å². The minimum atomic E-state index is 1.05. The number of nitrogens with zero attached hydrogens (tertiary/aromatic N) is 1. The molecule has 0 aromatic carbocycles. The highest BCUT2D eigenvalue weighted by Gasteiger charge is 1.53. The Morgan fingerprint density at radius 2 is 2.40 bits per heavy atom. The average Bonchev–Trinajstić information content (AvgIpc) is 1.41. The van der Waals surface area contributed by atoms with Crippen LogP contribution in [0.25, 0.3) is 0 Å². The summed E-state index contributed by atoms with van der Waals surface area (Å²) in [5.41, 5.74) is 0. The Kier molecular flexibility index (Phi) is 3.43. The van der Waals surface area contributed by atoms with Crippen LogP contribution >= 0.6 is 0 Å². The van der Waals surface area contributed by atoms with Crippen molar-refractivity contribution in [1.82, 2.24) is 0 Å². The van der Waals surface area contributed by atoms with E-state index in [9.17, 15) is 0 Å². The van der Waals surface area contributed by atoms with E-state index in [0.717, 1.165) is 6.42 Å². The van der Waals surface area contributed by atoms with E-state index in [0.29, 0.717) is 0 Å². The fourth-order valence-electron chi connectivity index (χ4n) is 0.183.